The zero-order valence-electron chi connectivity index (χ0n) is 11.9. The number of carbonyl (C=O) groups excluding carboxylic acids is 1. The molecule has 1 N–H and O–H groups in total. The molecule has 1 atom stereocenters. The standard InChI is InChI=1S/C15H22N2O.ClH/c1-11-7-8-12(2)13(10-11)16-15(18)14-6-4-5-9-17(14)3;/h7-8,10,14H,4-6,9H2,1-3H3,(H,16,18);1H. The van der Waals surface area contributed by atoms with Gasteiger partial charge in [0.1, 0.15) is 0 Å². The molecule has 1 aromatic carbocycles. The minimum Gasteiger partial charge on any atom is -0.324 e. The third kappa shape index (κ3) is 3.95. The third-order valence-corrected chi connectivity index (χ3v) is 3.72. The summed E-state index contributed by atoms with van der Waals surface area (Å²) in [5.41, 5.74) is 3.24. The van der Waals surface area contributed by atoms with E-state index in [1.165, 1.54) is 12.0 Å². The van der Waals surface area contributed by atoms with Gasteiger partial charge in [0.15, 0.2) is 0 Å². The predicted molar refractivity (Wildman–Crippen MR) is 82.1 cm³/mol. The number of amides is 1. The van der Waals surface area contributed by atoms with E-state index in [1.807, 2.05) is 27.0 Å². The van der Waals surface area contributed by atoms with Crippen LogP contribution in [-0.4, -0.2) is 30.4 Å². The van der Waals surface area contributed by atoms with Gasteiger partial charge in [-0.3, -0.25) is 9.69 Å². The lowest BCUT2D eigenvalue weighted by molar-refractivity contribution is -0.121. The van der Waals surface area contributed by atoms with Crippen molar-refractivity contribution in [3.8, 4) is 0 Å². The van der Waals surface area contributed by atoms with Crippen molar-refractivity contribution >= 4 is 24.0 Å². The molecule has 2 rings (SSSR count). The van der Waals surface area contributed by atoms with E-state index in [-0.39, 0.29) is 24.4 Å². The summed E-state index contributed by atoms with van der Waals surface area (Å²) in [6.45, 7) is 5.09. The molecule has 0 bridgehead atoms. The smallest absolute Gasteiger partial charge is 0.241 e. The number of hydrogen-bond acceptors (Lipinski definition) is 2. The van der Waals surface area contributed by atoms with E-state index in [9.17, 15) is 4.79 Å². The first kappa shape index (κ1) is 16.0. The summed E-state index contributed by atoms with van der Waals surface area (Å²) >= 11 is 0. The van der Waals surface area contributed by atoms with Crippen molar-refractivity contribution in [3.05, 3.63) is 29.3 Å². The van der Waals surface area contributed by atoms with Crippen LogP contribution in [0.4, 0.5) is 5.69 Å². The molecular formula is C15H23ClN2O. The van der Waals surface area contributed by atoms with Crippen molar-refractivity contribution in [1.29, 1.82) is 0 Å². The summed E-state index contributed by atoms with van der Waals surface area (Å²) in [5, 5.41) is 3.07. The molecule has 1 unspecified atom stereocenters. The van der Waals surface area contributed by atoms with E-state index in [4.69, 9.17) is 0 Å². The van der Waals surface area contributed by atoms with Crippen LogP contribution in [0.25, 0.3) is 0 Å². The number of piperidine rings is 1. The average molecular weight is 283 g/mol. The average Bonchev–Trinajstić information content (AvgIpc) is 2.34. The fraction of sp³-hybridized carbons (Fsp3) is 0.533. The molecule has 1 saturated heterocycles. The number of aryl methyl sites for hydroxylation is 2. The zero-order chi connectivity index (χ0) is 13.1. The first-order chi connectivity index (χ1) is 8.58. The second-order valence-corrected chi connectivity index (χ2v) is 5.30. The minimum absolute atomic E-state index is 0. The first-order valence-corrected chi connectivity index (χ1v) is 6.66. The van der Waals surface area contributed by atoms with E-state index in [1.54, 1.807) is 0 Å². The normalized spacial score (nSPS) is 19.6. The number of nitrogens with zero attached hydrogens (tertiary/aromatic N) is 1. The van der Waals surface area contributed by atoms with Crippen molar-refractivity contribution in [2.75, 3.05) is 18.9 Å². The number of anilines is 1. The van der Waals surface area contributed by atoms with Crippen LogP contribution in [0.1, 0.15) is 30.4 Å². The topological polar surface area (TPSA) is 32.3 Å². The van der Waals surface area contributed by atoms with Crippen molar-refractivity contribution in [1.82, 2.24) is 4.90 Å². The SMILES string of the molecule is Cc1ccc(C)c(NC(=O)C2CCCCN2C)c1.Cl. The van der Waals surface area contributed by atoms with E-state index in [0.29, 0.717) is 0 Å². The molecule has 106 valence electrons. The molecule has 0 saturated carbocycles. The van der Waals surface area contributed by atoms with Crippen LogP contribution in [0, 0.1) is 13.8 Å². The molecule has 1 aromatic rings. The minimum atomic E-state index is 0. The monoisotopic (exact) mass is 282 g/mol. The lowest BCUT2D eigenvalue weighted by atomic mass is 10.0. The van der Waals surface area contributed by atoms with E-state index in [2.05, 4.69) is 22.3 Å². The Kier molecular flexibility index (Phi) is 5.83. The van der Waals surface area contributed by atoms with Gasteiger partial charge in [0, 0.05) is 5.69 Å². The van der Waals surface area contributed by atoms with Crippen LogP contribution < -0.4 is 5.32 Å². The Morgan fingerprint density at radius 1 is 1.32 bits per heavy atom. The van der Waals surface area contributed by atoms with Gasteiger partial charge in [-0.25, -0.2) is 0 Å². The first-order valence-electron chi connectivity index (χ1n) is 6.66. The van der Waals surface area contributed by atoms with Gasteiger partial charge in [-0.05, 0) is 57.5 Å². The molecule has 1 heterocycles. The highest BCUT2D eigenvalue weighted by molar-refractivity contribution is 5.95. The third-order valence-electron chi connectivity index (χ3n) is 3.72. The second-order valence-electron chi connectivity index (χ2n) is 5.30. The maximum Gasteiger partial charge on any atom is 0.241 e. The summed E-state index contributed by atoms with van der Waals surface area (Å²) in [6, 6.07) is 6.18. The maximum atomic E-state index is 12.3. The largest absolute Gasteiger partial charge is 0.324 e. The summed E-state index contributed by atoms with van der Waals surface area (Å²) in [7, 11) is 2.03. The summed E-state index contributed by atoms with van der Waals surface area (Å²) in [4.78, 5) is 14.4. The second kappa shape index (κ2) is 6.92. The predicted octanol–water partition coefficient (Wildman–Crippen LogP) is 3.15. The maximum absolute atomic E-state index is 12.3. The van der Waals surface area contributed by atoms with E-state index < -0.39 is 0 Å². The molecule has 1 fully saturated rings. The van der Waals surface area contributed by atoms with Crippen LogP contribution in [0.2, 0.25) is 0 Å². The molecule has 0 aromatic heterocycles. The van der Waals surface area contributed by atoms with E-state index >= 15 is 0 Å². The highest BCUT2D eigenvalue weighted by Crippen LogP contribution is 2.20. The molecule has 4 heteroatoms. The molecule has 3 nitrogen and oxygen atoms in total. The number of nitrogens with one attached hydrogen (secondary N) is 1. The van der Waals surface area contributed by atoms with Gasteiger partial charge in [0.2, 0.25) is 5.91 Å². The molecule has 1 amide bonds. The molecule has 0 radical (unpaired) electrons. The number of carbonyl (C=O) groups is 1. The molecule has 0 aliphatic carbocycles. The van der Waals surface area contributed by atoms with Crippen LogP contribution in [0.15, 0.2) is 18.2 Å². The van der Waals surface area contributed by atoms with Crippen molar-refractivity contribution in [2.45, 2.75) is 39.2 Å². The number of likely N-dealkylation sites (N-methyl/N-ethyl adjacent to an activating group) is 1. The number of hydrogen-bond donors (Lipinski definition) is 1. The molecular weight excluding hydrogens is 260 g/mol. The number of likely N-dealkylation sites (tertiary alicyclic amines) is 1. The summed E-state index contributed by atoms with van der Waals surface area (Å²) in [6.07, 6.45) is 3.31. The lowest BCUT2D eigenvalue weighted by Gasteiger charge is -2.31. The molecule has 19 heavy (non-hydrogen) atoms. The van der Waals surface area contributed by atoms with Crippen molar-refractivity contribution in [3.63, 3.8) is 0 Å². The van der Waals surface area contributed by atoms with Gasteiger partial charge in [-0.1, -0.05) is 18.6 Å². The van der Waals surface area contributed by atoms with Crippen LogP contribution in [0.3, 0.4) is 0 Å². The Bertz CT molecular complexity index is 448. The Labute approximate surface area is 121 Å². The molecule has 1 aliphatic rings. The van der Waals surface area contributed by atoms with Gasteiger partial charge in [0.05, 0.1) is 6.04 Å². The summed E-state index contributed by atoms with van der Waals surface area (Å²) in [5.74, 6) is 0.130. The van der Waals surface area contributed by atoms with Crippen LogP contribution in [0.5, 0.6) is 0 Å². The number of halogens is 1. The Morgan fingerprint density at radius 3 is 2.74 bits per heavy atom. The van der Waals surface area contributed by atoms with E-state index in [0.717, 1.165) is 30.6 Å². The molecule has 1 aliphatic heterocycles. The van der Waals surface area contributed by atoms with Gasteiger partial charge in [-0.2, -0.15) is 0 Å². The fourth-order valence-corrected chi connectivity index (χ4v) is 2.49. The van der Waals surface area contributed by atoms with Gasteiger partial charge in [-0.15, -0.1) is 12.4 Å². The Morgan fingerprint density at radius 2 is 2.05 bits per heavy atom. The fourth-order valence-electron chi connectivity index (χ4n) is 2.49. The van der Waals surface area contributed by atoms with Gasteiger partial charge < -0.3 is 5.32 Å². The summed E-state index contributed by atoms with van der Waals surface area (Å²) < 4.78 is 0. The zero-order valence-corrected chi connectivity index (χ0v) is 12.7. The van der Waals surface area contributed by atoms with Gasteiger partial charge >= 0.3 is 0 Å². The lowest BCUT2D eigenvalue weighted by Crippen LogP contribution is -2.44. The van der Waals surface area contributed by atoms with Crippen molar-refractivity contribution in [2.24, 2.45) is 0 Å². The Hall–Kier alpha value is -1.06. The molecule has 0 spiro atoms. The van der Waals surface area contributed by atoms with Crippen LogP contribution in [-0.2, 0) is 4.79 Å². The highest BCUT2D eigenvalue weighted by Gasteiger charge is 2.25. The Balaban J connectivity index is 0.00000180. The van der Waals surface area contributed by atoms with Gasteiger partial charge in [0.25, 0.3) is 0 Å². The highest BCUT2D eigenvalue weighted by atomic mass is 35.5. The quantitative estimate of drug-likeness (QED) is 0.904. The number of benzene rings is 1. The number of rotatable bonds is 2. The van der Waals surface area contributed by atoms with Crippen LogP contribution >= 0.6 is 12.4 Å². The van der Waals surface area contributed by atoms with Crippen molar-refractivity contribution < 1.29 is 4.79 Å².